The van der Waals surface area contributed by atoms with Crippen LogP contribution < -0.4 is 5.73 Å². The summed E-state index contributed by atoms with van der Waals surface area (Å²) < 4.78 is 34.2. The van der Waals surface area contributed by atoms with Crippen LogP contribution in [0.15, 0.2) is 24.2 Å². The molecule has 0 aliphatic carbocycles. The number of benzene rings is 1. The zero-order valence-electron chi connectivity index (χ0n) is 11.0. The van der Waals surface area contributed by atoms with Crippen LogP contribution in [0.2, 0.25) is 5.02 Å². The molecule has 0 spiro atoms. The summed E-state index contributed by atoms with van der Waals surface area (Å²) in [5.74, 6) is 0. The van der Waals surface area contributed by atoms with Crippen molar-refractivity contribution in [2.75, 3.05) is 6.61 Å². The van der Waals surface area contributed by atoms with Crippen molar-refractivity contribution in [2.24, 2.45) is 5.73 Å². The Hall–Kier alpha value is -1.26. The Bertz CT molecular complexity index is 468. The maximum Gasteiger partial charge on any atom is 0.404 e. The maximum atomic E-state index is 10.4. The minimum absolute atomic E-state index is 0.232. The van der Waals surface area contributed by atoms with E-state index in [2.05, 4.69) is 4.74 Å². The van der Waals surface area contributed by atoms with E-state index in [1.54, 1.807) is 0 Å². The van der Waals surface area contributed by atoms with Crippen LogP contribution in [0.4, 0.5) is 4.79 Å². The number of carbonyl (C=O) groups excluding carboxylic acids is 1. The van der Waals surface area contributed by atoms with Gasteiger partial charge >= 0.3 is 6.09 Å². The predicted octanol–water partition coefficient (Wildman–Crippen LogP) is 1.47. The molecule has 0 unspecified atom stereocenters. The molecule has 0 saturated heterocycles. The maximum absolute atomic E-state index is 10.4. The number of aliphatic hydroxyl groups excluding tert-OH is 1. The molecule has 1 amide bonds. The van der Waals surface area contributed by atoms with Gasteiger partial charge in [-0.25, -0.2) is 4.79 Å². The first-order valence-corrected chi connectivity index (χ1v) is 4.01. The van der Waals surface area contributed by atoms with Gasteiger partial charge in [0.1, 0.15) is 12.7 Å². The van der Waals surface area contributed by atoms with Gasteiger partial charge in [-0.15, -0.1) is 0 Å². The van der Waals surface area contributed by atoms with Crippen molar-refractivity contribution in [1.82, 2.24) is 0 Å². The van der Waals surface area contributed by atoms with Crippen molar-refractivity contribution >= 4 is 17.7 Å². The summed E-state index contributed by atoms with van der Waals surface area (Å²) in [6.45, 7) is -0.544. The van der Waals surface area contributed by atoms with E-state index in [4.69, 9.17) is 22.8 Å². The van der Waals surface area contributed by atoms with Crippen molar-refractivity contribution in [3.05, 3.63) is 34.8 Å². The summed E-state index contributed by atoms with van der Waals surface area (Å²) in [6.07, 6.45) is -2.59. The Morgan fingerprint density at radius 2 is 2.36 bits per heavy atom. The molecule has 0 aliphatic rings. The molecule has 0 radical (unpaired) electrons. The average Bonchev–Trinajstić information content (AvgIpc) is 2.31. The number of aliphatic hydroxyl groups is 1. The number of ether oxygens (including phenoxy) is 1. The Kier molecular flexibility index (Phi) is 2.16. The lowest BCUT2D eigenvalue weighted by Crippen LogP contribution is -2.17. The van der Waals surface area contributed by atoms with E-state index in [1.807, 2.05) is 0 Å². The fourth-order valence-electron chi connectivity index (χ4n) is 0.781. The molecule has 0 saturated carbocycles. The second-order valence-electron chi connectivity index (χ2n) is 2.37. The van der Waals surface area contributed by atoms with Gasteiger partial charge in [0.2, 0.25) is 0 Å². The normalized spacial score (nSPS) is 16.1. The van der Waals surface area contributed by atoms with Crippen LogP contribution in [-0.2, 0) is 4.74 Å². The Balaban J connectivity index is 3.20. The van der Waals surface area contributed by atoms with Gasteiger partial charge in [-0.3, -0.25) is 0 Å². The van der Waals surface area contributed by atoms with Crippen LogP contribution in [0.1, 0.15) is 17.2 Å². The van der Waals surface area contributed by atoms with Gasteiger partial charge in [0.05, 0.1) is 5.48 Å². The van der Waals surface area contributed by atoms with Crippen LogP contribution >= 0.6 is 11.6 Å². The zero-order chi connectivity index (χ0) is 14.0. The first-order chi connectivity index (χ1) is 8.27. The molecular weight excluding hydrogens is 206 g/mol. The number of hydrogen-bond acceptors (Lipinski definition) is 3. The third-order valence-electron chi connectivity index (χ3n) is 1.39. The molecule has 0 heterocycles. The lowest BCUT2D eigenvalue weighted by molar-refractivity contribution is 0.0729. The number of amides is 1. The molecular formula is C9H10ClNO3. The highest BCUT2D eigenvalue weighted by Crippen LogP contribution is 2.22. The topological polar surface area (TPSA) is 72.6 Å². The van der Waals surface area contributed by atoms with Gasteiger partial charge in [-0.1, -0.05) is 29.7 Å². The summed E-state index contributed by atoms with van der Waals surface area (Å²) in [7, 11) is 0. The van der Waals surface area contributed by atoms with E-state index < -0.39 is 43.0 Å². The van der Waals surface area contributed by atoms with Crippen molar-refractivity contribution in [1.29, 1.82) is 0 Å². The fourth-order valence-corrected chi connectivity index (χ4v) is 1.00. The van der Waals surface area contributed by atoms with Crippen LogP contribution in [0.3, 0.4) is 0 Å². The number of rotatable bonds is 3. The van der Waals surface area contributed by atoms with Crippen LogP contribution in [-0.4, -0.2) is 17.8 Å². The molecule has 5 heteroatoms. The summed E-state index contributed by atoms with van der Waals surface area (Å²) in [6, 6.07) is -1.98. The molecule has 1 atom stereocenters. The van der Waals surface area contributed by atoms with Crippen molar-refractivity contribution in [3.8, 4) is 0 Å². The molecule has 76 valence electrons. The number of carbonyl (C=O) groups is 1. The molecule has 1 aromatic rings. The van der Waals surface area contributed by atoms with E-state index in [9.17, 15) is 9.90 Å². The molecule has 3 N–H and O–H groups in total. The van der Waals surface area contributed by atoms with Gasteiger partial charge in [0.25, 0.3) is 0 Å². The molecule has 0 aliphatic heterocycles. The summed E-state index contributed by atoms with van der Waals surface area (Å²) in [5.41, 5.74) is 4.49. The Labute approximate surface area is 91.9 Å². The Morgan fingerprint density at radius 1 is 1.71 bits per heavy atom. The summed E-state index contributed by atoms with van der Waals surface area (Å²) >= 11 is 5.74. The SMILES string of the molecule is [2H]c1c([2H])c([2H])c([C@H](O)COC(N)=O)c(Cl)c1[2H]. The van der Waals surface area contributed by atoms with Gasteiger partial charge < -0.3 is 15.6 Å². The van der Waals surface area contributed by atoms with E-state index >= 15 is 0 Å². The number of halogens is 1. The lowest BCUT2D eigenvalue weighted by atomic mass is 10.1. The smallest absolute Gasteiger partial charge is 0.404 e. The van der Waals surface area contributed by atoms with Gasteiger partial charge in [-0.2, -0.15) is 0 Å². The van der Waals surface area contributed by atoms with Crippen LogP contribution in [0.5, 0.6) is 0 Å². The first-order valence-electron chi connectivity index (χ1n) is 5.63. The third kappa shape index (κ3) is 2.90. The third-order valence-corrected chi connectivity index (χ3v) is 1.68. The monoisotopic (exact) mass is 219 g/mol. The highest BCUT2D eigenvalue weighted by Gasteiger charge is 2.12. The van der Waals surface area contributed by atoms with Crippen LogP contribution in [0, 0.1) is 0 Å². The van der Waals surface area contributed by atoms with Gasteiger partial charge in [0, 0.05) is 10.6 Å². The van der Waals surface area contributed by atoms with Crippen molar-refractivity contribution in [2.45, 2.75) is 6.10 Å². The van der Waals surface area contributed by atoms with Crippen molar-refractivity contribution in [3.63, 3.8) is 0 Å². The highest BCUT2D eigenvalue weighted by molar-refractivity contribution is 6.31. The van der Waals surface area contributed by atoms with E-state index in [-0.39, 0.29) is 10.6 Å². The second-order valence-corrected chi connectivity index (χ2v) is 2.75. The van der Waals surface area contributed by atoms with E-state index in [1.165, 1.54) is 0 Å². The average molecular weight is 220 g/mol. The minimum atomic E-state index is -1.48. The molecule has 4 nitrogen and oxygen atoms in total. The van der Waals surface area contributed by atoms with Crippen molar-refractivity contribution < 1.29 is 20.1 Å². The molecule has 1 rings (SSSR count). The number of primary amides is 1. The van der Waals surface area contributed by atoms with E-state index in [0.29, 0.717) is 0 Å². The summed E-state index contributed by atoms with van der Waals surface area (Å²) in [4.78, 5) is 10.4. The predicted molar refractivity (Wildman–Crippen MR) is 51.9 cm³/mol. The highest BCUT2D eigenvalue weighted by atomic mass is 35.5. The van der Waals surface area contributed by atoms with E-state index in [0.717, 1.165) is 0 Å². The zero-order valence-corrected chi connectivity index (χ0v) is 7.76. The molecule has 0 fully saturated rings. The fraction of sp³-hybridized carbons (Fsp3) is 0.222. The standard InChI is InChI=1S/C9H10ClNO3/c10-7-4-2-1-3-6(7)8(12)5-14-9(11)13/h1-4,8,12H,5H2,(H2,11,13)/t8-/m1/s1/i1D,2D,3D,4D. The quantitative estimate of drug-likeness (QED) is 0.809. The lowest BCUT2D eigenvalue weighted by Gasteiger charge is -2.11. The first kappa shape index (κ1) is 6.27. The number of nitrogens with two attached hydrogens (primary N) is 1. The molecule has 0 aromatic heterocycles. The largest absolute Gasteiger partial charge is 0.447 e. The van der Waals surface area contributed by atoms with Gasteiger partial charge in [0.15, 0.2) is 0 Å². The molecule has 1 aromatic carbocycles. The minimum Gasteiger partial charge on any atom is -0.447 e. The second kappa shape index (κ2) is 4.83. The Morgan fingerprint density at radius 3 is 3.00 bits per heavy atom. The number of hydrogen-bond donors (Lipinski definition) is 2. The molecule has 14 heavy (non-hydrogen) atoms. The molecule has 0 bridgehead atoms. The van der Waals surface area contributed by atoms with Gasteiger partial charge in [-0.05, 0) is 6.04 Å². The van der Waals surface area contributed by atoms with Crippen LogP contribution in [0.25, 0.3) is 0 Å². The summed E-state index contributed by atoms with van der Waals surface area (Å²) in [5, 5.41) is 9.39.